The fraction of sp³-hybridized carbons (Fsp3) is 0.286. The van der Waals surface area contributed by atoms with Gasteiger partial charge in [-0.2, -0.15) is 0 Å². The number of hydrogen-bond acceptors (Lipinski definition) is 6. The number of methoxy groups -OCH3 is 2. The zero-order valence-corrected chi connectivity index (χ0v) is 23.4. The van der Waals surface area contributed by atoms with E-state index in [0.717, 1.165) is 27.7 Å². The first-order valence-electron chi connectivity index (χ1n) is 11.9. The van der Waals surface area contributed by atoms with E-state index in [2.05, 4.69) is 26.1 Å². The highest BCUT2D eigenvalue weighted by Gasteiger charge is 2.31. The van der Waals surface area contributed by atoms with Gasteiger partial charge in [0.15, 0.2) is 16.6 Å². The van der Waals surface area contributed by atoms with Crippen LogP contribution in [0, 0.1) is 0 Å². The van der Waals surface area contributed by atoms with E-state index >= 15 is 0 Å². The summed E-state index contributed by atoms with van der Waals surface area (Å²) in [6.07, 6.45) is 0.794. The quantitative estimate of drug-likeness (QED) is 0.255. The monoisotopic (exact) mass is 584 g/mol. The van der Waals surface area contributed by atoms with Gasteiger partial charge in [0.1, 0.15) is 12.4 Å². The number of halogens is 1. The molecule has 1 heterocycles. The van der Waals surface area contributed by atoms with E-state index in [0.29, 0.717) is 47.7 Å². The number of benzene rings is 3. The molecule has 0 saturated heterocycles. The Morgan fingerprint density at radius 3 is 2.38 bits per heavy atom. The normalized spacial score (nSPS) is 14.4. The molecule has 0 aromatic heterocycles. The van der Waals surface area contributed by atoms with Crippen LogP contribution >= 0.6 is 28.1 Å². The lowest BCUT2D eigenvalue weighted by Crippen LogP contribution is -2.44. The fourth-order valence-electron chi connectivity index (χ4n) is 4.26. The van der Waals surface area contributed by atoms with Gasteiger partial charge < -0.3 is 29.2 Å². The Labute approximate surface area is 230 Å². The second kappa shape index (κ2) is 12.3. The number of hydrogen-bond donors (Lipinski definition) is 1. The van der Waals surface area contributed by atoms with Crippen LogP contribution in [0.2, 0.25) is 0 Å². The number of fused-ring (bicyclic) bond motifs is 1. The molecule has 0 unspecified atom stereocenters. The third-order valence-electron chi connectivity index (χ3n) is 6.13. The van der Waals surface area contributed by atoms with Crippen LogP contribution in [0.1, 0.15) is 34.5 Å². The molecule has 1 aliphatic heterocycles. The third-order valence-corrected chi connectivity index (χ3v) is 7.00. The first-order valence-corrected chi connectivity index (χ1v) is 13.1. The molecule has 4 rings (SSSR count). The van der Waals surface area contributed by atoms with Gasteiger partial charge in [-0.25, -0.2) is 4.79 Å². The Morgan fingerprint density at radius 2 is 1.73 bits per heavy atom. The third kappa shape index (κ3) is 6.34. The molecule has 1 atom stereocenters. The van der Waals surface area contributed by atoms with Crippen molar-refractivity contribution in [2.24, 2.45) is 0 Å². The number of thiocarbonyl (C=S) groups is 1. The molecule has 3 aromatic carbocycles. The van der Waals surface area contributed by atoms with E-state index < -0.39 is 0 Å². The molecule has 0 amide bonds. The summed E-state index contributed by atoms with van der Waals surface area (Å²) < 4.78 is 23.4. The predicted molar refractivity (Wildman–Crippen MR) is 151 cm³/mol. The van der Waals surface area contributed by atoms with Gasteiger partial charge in [-0.3, -0.25) is 0 Å². The summed E-state index contributed by atoms with van der Waals surface area (Å²) in [6, 6.07) is 18.7. The Hall–Kier alpha value is -3.30. The van der Waals surface area contributed by atoms with Gasteiger partial charge >= 0.3 is 5.97 Å². The van der Waals surface area contributed by atoms with Crippen LogP contribution in [-0.2, 0) is 11.2 Å². The number of rotatable bonds is 8. The minimum atomic E-state index is -0.355. The SMILES string of the molecule is CCOC(=O)c1ccc(OC[C@H]2c3cc(OC)c(OC)cc3CCN2C(=S)Nc2ccc(Br)cc2)cc1. The average Bonchev–Trinajstić information content (AvgIpc) is 2.92. The molecule has 37 heavy (non-hydrogen) atoms. The molecule has 0 saturated carbocycles. The summed E-state index contributed by atoms with van der Waals surface area (Å²) in [4.78, 5) is 14.1. The molecular formula is C28H29BrN2O5S. The smallest absolute Gasteiger partial charge is 0.338 e. The van der Waals surface area contributed by atoms with Crippen LogP contribution in [0.15, 0.2) is 65.1 Å². The van der Waals surface area contributed by atoms with Crippen molar-refractivity contribution >= 4 is 44.9 Å². The molecule has 0 fully saturated rings. The number of anilines is 1. The van der Waals surface area contributed by atoms with E-state index in [-0.39, 0.29) is 12.0 Å². The molecule has 0 aliphatic carbocycles. The highest BCUT2D eigenvalue weighted by atomic mass is 79.9. The second-order valence-electron chi connectivity index (χ2n) is 8.36. The highest BCUT2D eigenvalue weighted by molar-refractivity contribution is 9.10. The maximum Gasteiger partial charge on any atom is 0.338 e. The Morgan fingerprint density at radius 1 is 1.05 bits per heavy atom. The maximum absolute atomic E-state index is 12.0. The minimum Gasteiger partial charge on any atom is -0.493 e. The predicted octanol–water partition coefficient (Wildman–Crippen LogP) is 6.02. The Balaban J connectivity index is 1.59. The van der Waals surface area contributed by atoms with Crippen LogP contribution in [-0.4, -0.2) is 50.0 Å². The van der Waals surface area contributed by atoms with E-state index in [4.69, 9.17) is 31.2 Å². The zero-order valence-electron chi connectivity index (χ0n) is 21.0. The number of carbonyl (C=O) groups is 1. The largest absolute Gasteiger partial charge is 0.493 e. The van der Waals surface area contributed by atoms with Gasteiger partial charge in [0.05, 0.1) is 32.4 Å². The standard InChI is InChI=1S/C28H29BrN2O5S/c1-4-35-27(32)18-5-11-22(12-6-18)36-17-24-23-16-26(34-3)25(33-2)15-19(23)13-14-31(24)28(37)30-21-9-7-20(29)8-10-21/h5-12,15-16,24H,4,13-14,17H2,1-3H3,(H,30,37)/t24-/m0/s1. The van der Waals surface area contributed by atoms with Gasteiger partial charge in [0.2, 0.25) is 0 Å². The zero-order chi connectivity index (χ0) is 26.4. The van der Waals surface area contributed by atoms with Crippen molar-refractivity contribution in [2.45, 2.75) is 19.4 Å². The summed E-state index contributed by atoms with van der Waals surface area (Å²) in [5.74, 6) is 1.64. The average molecular weight is 586 g/mol. The molecule has 7 nitrogen and oxygen atoms in total. The Bertz CT molecular complexity index is 1250. The first-order chi connectivity index (χ1) is 17.9. The van der Waals surface area contributed by atoms with Gasteiger partial charge in [-0.05, 0) is 97.4 Å². The van der Waals surface area contributed by atoms with Crippen LogP contribution < -0.4 is 19.5 Å². The van der Waals surface area contributed by atoms with Crippen LogP contribution in [0.5, 0.6) is 17.2 Å². The van der Waals surface area contributed by atoms with Crippen LogP contribution in [0.25, 0.3) is 0 Å². The van der Waals surface area contributed by atoms with Crippen molar-refractivity contribution < 1.29 is 23.7 Å². The van der Waals surface area contributed by atoms with Crippen molar-refractivity contribution in [1.82, 2.24) is 4.90 Å². The van der Waals surface area contributed by atoms with Crippen molar-refractivity contribution in [3.63, 3.8) is 0 Å². The first kappa shape index (κ1) is 26.8. The van der Waals surface area contributed by atoms with E-state index in [1.165, 1.54) is 0 Å². The van der Waals surface area contributed by atoms with Crippen LogP contribution in [0.4, 0.5) is 5.69 Å². The lowest BCUT2D eigenvalue weighted by molar-refractivity contribution is 0.0526. The number of esters is 1. The summed E-state index contributed by atoms with van der Waals surface area (Å²) in [7, 11) is 3.26. The van der Waals surface area contributed by atoms with E-state index in [1.54, 1.807) is 45.4 Å². The summed E-state index contributed by atoms with van der Waals surface area (Å²) in [6.45, 7) is 3.16. The van der Waals surface area contributed by atoms with Crippen molar-refractivity contribution in [1.29, 1.82) is 0 Å². The van der Waals surface area contributed by atoms with Crippen molar-refractivity contribution in [3.8, 4) is 17.2 Å². The molecule has 0 bridgehead atoms. The Kier molecular flexibility index (Phi) is 8.89. The highest BCUT2D eigenvalue weighted by Crippen LogP contribution is 2.38. The topological polar surface area (TPSA) is 69.3 Å². The van der Waals surface area contributed by atoms with Crippen LogP contribution in [0.3, 0.4) is 0 Å². The lowest BCUT2D eigenvalue weighted by atomic mass is 9.92. The number of ether oxygens (including phenoxy) is 4. The number of nitrogens with one attached hydrogen (secondary N) is 1. The van der Waals surface area contributed by atoms with Gasteiger partial charge in [-0.1, -0.05) is 15.9 Å². The molecule has 1 N–H and O–H groups in total. The second-order valence-corrected chi connectivity index (χ2v) is 9.66. The number of carbonyl (C=O) groups excluding carboxylic acids is 1. The maximum atomic E-state index is 12.0. The van der Waals surface area contributed by atoms with Gasteiger partial charge in [0, 0.05) is 16.7 Å². The molecule has 1 aliphatic rings. The van der Waals surface area contributed by atoms with E-state index in [1.807, 2.05) is 36.4 Å². The molecule has 0 radical (unpaired) electrons. The molecular weight excluding hydrogens is 556 g/mol. The van der Waals surface area contributed by atoms with Gasteiger partial charge in [0.25, 0.3) is 0 Å². The molecule has 0 spiro atoms. The molecule has 3 aromatic rings. The molecule has 9 heteroatoms. The lowest BCUT2D eigenvalue weighted by Gasteiger charge is -2.39. The minimum absolute atomic E-state index is 0.177. The fourth-order valence-corrected chi connectivity index (χ4v) is 4.86. The summed E-state index contributed by atoms with van der Waals surface area (Å²) in [5, 5.41) is 3.96. The van der Waals surface area contributed by atoms with Crippen molar-refractivity contribution in [3.05, 3.63) is 81.8 Å². The summed E-state index contributed by atoms with van der Waals surface area (Å²) >= 11 is 9.32. The number of nitrogens with zero attached hydrogens (tertiary/aromatic N) is 1. The van der Waals surface area contributed by atoms with Gasteiger partial charge in [-0.15, -0.1) is 0 Å². The van der Waals surface area contributed by atoms with E-state index in [9.17, 15) is 4.79 Å². The van der Waals surface area contributed by atoms with Crippen molar-refractivity contribution in [2.75, 3.05) is 39.3 Å². The molecule has 194 valence electrons. The summed E-state index contributed by atoms with van der Waals surface area (Å²) in [5.41, 5.74) is 3.61.